The summed E-state index contributed by atoms with van der Waals surface area (Å²) in [6.07, 6.45) is 8.04. The Bertz CT molecular complexity index is 1080. The molecule has 1 saturated carbocycles. The number of amides is 2. The highest BCUT2D eigenvalue weighted by Crippen LogP contribution is 2.32. The highest BCUT2D eigenvalue weighted by Gasteiger charge is 2.30. The zero-order valence-electron chi connectivity index (χ0n) is 19.4. The van der Waals surface area contributed by atoms with E-state index in [0.717, 1.165) is 53.9 Å². The first kappa shape index (κ1) is 22.1. The van der Waals surface area contributed by atoms with Crippen LogP contribution in [0.2, 0.25) is 0 Å². The lowest BCUT2D eigenvalue weighted by molar-refractivity contribution is -0.117. The third-order valence-corrected chi connectivity index (χ3v) is 6.44. The van der Waals surface area contributed by atoms with E-state index in [9.17, 15) is 9.59 Å². The third-order valence-electron chi connectivity index (χ3n) is 6.44. The normalized spacial score (nSPS) is 18.4. The van der Waals surface area contributed by atoms with Gasteiger partial charge in [-0.05, 0) is 62.3 Å². The second-order valence-corrected chi connectivity index (χ2v) is 8.96. The molecule has 1 fully saturated rings. The van der Waals surface area contributed by atoms with E-state index < -0.39 is 0 Å². The maximum absolute atomic E-state index is 13.6. The highest BCUT2D eigenvalue weighted by molar-refractivity contribution is 5.98. The molecule has 0 saturated heterocycles. The lowest BCUT2D eigenvalue weighted by Gasteiger charge is -2.29. The first-order valence-electron chi connectivity index (χ1n) is 11.5. The molecular weight excluding hydrogens is 400 g/mol. The monoisotopic (exact) mass is 432 g/mol. The molecule has 168 valence electrons. The Labute approximate surface area is 190 Å². The van der Waals surface area contributed by atoms with Crippen molar-refractivity contribution in [2.45, 2.75) is 58.9 Å². The molecule has 2 aliphatic rings. The fourth-order valence-corrected chi connectivity index (χ4v) is 4.21. The summed E-state index contributed by atoms with van der Waals surface area (Å²) in [5, 5.41) is 7.62. The average molecular weight is 433 g/mol. The lowest BCUT2D eigenvalue weighted by atomic mass is 9.86. The van der Waals surface area contributed by atoms with Crippen LogP contribution in [0, 0.1) is 5.92 Å². The molecule has 2 aromatic rings. The van der Waals surface area contributed by atoms with Crippen molar-refractivity contribution in [3.05, 3.63) is 70.7 Å². The maximum atomic E-state index is 13.6. The van der Waals surface area contributed by atoms with Gasteiger partial charge in [0.25, 0.3) is 5.91 Å². The molecule has 0 radical (unpaired) electrons. The molecule has 1 N–H and O–H groups in total. The van der Waals surface area contributed by atoms with Crippen LogP contribution in [0.15, 0.2) is 59.4 Å². The molecule has 1 atom stereocenters. The zero-order chi connectivity index (χ0) is 22.8. The van der Waals surface area contributed by atoms with Gasteiger partial charge in [-0.1, -0.05) is 38.5 Å². The van der Waals surface area contributed by atoms with E-state index in [1.54, 1.807) is 18.1 Å². The first-order valence-corrected chi connectivity index (χ1v) is 11.5. The van der Waals surface area contributed by atoms with Crippen LogP contribution in [0.25, 0.3) is 5.69 Å². The first-order chi connectivity index (χ1) is 15.4. The molecule has 1 aromatic heterocycles. The van der Waals surface area contributed by atoms with Crippen LogP contribution in [0.5, 0.6) is 0 Å². The Hall–Kier alpha value is -3.15. The molecule has 2 aliphatic carbocycles. The van der Waals surface area contributed by atoms with Crippen molar-refractivity contribution in [1.82, 2.24) is 20.0 Å². The van der Waals surface area contributed by atoms with Gasteiger partial charge in [0.2, 0.25) is 5.91 Å². The zero-order valence-corrected chi connectivity index (χ0v) is 19.4. The summed E-state index contributed by atoms with van der Waals surface area (Å²) in [4.78, 5) is 28.0. The van der Waals surface area contributed by atoms with Crippen LogP contribution in [0.1, 0.15) is 62.5 Å². The number of benzene rings is 1. The van der Waals surface area contributed by atoms with E-state index in [1.165, 1.54) is 0 Å². The van der Waals surface area contributed by atoms with Crippen molar-refractivity contribution >= 4 is 11.8 Å². The summed E-state index contributed by atoms with van der Waals surface area (Å²) in [6.45, 7) is 6.26. The highest BCUT2D eigenvalue weighted by atomic mass is 16.2. The molecule has 4 rings (SSSR count). The minimum Gasteiger partial charge on any atom is -0.350 e. The number of hydrogen-bond acceptors (Lipinski definition) is 3. The predicted molar refractivity (Wildman–Crippen MR) is 125 cm³/mol. The van der Waals surface area contributed by atoms with Crippen molar-refractivity contribution in [1.29, 1.82) is 0 Å². The Morgan fingerprint density at radius 1 is 1.22 bits per heavy atom. The summed E-state index contributed by atoms with van der Waals surface area (Å²) in [5.74, 6) is 0.0957. The van der Waals surface area contributed by atoms with Gasteiger partial charge in [-0.25, -0.2) is 4.68 Å². The number of nitrogens with zero attached hydrogens (tertiary/aromatic N) is 3. The van der Waals surface area contributed by atoms with Crippen LogP contribution < -0.4 is 5.32 Å². The van der Waals surface area contributed by atoms with E-state index in [0.29, 0.717) is 18.0 Å². The third kappa shape index (κ3) is 4.40. The van der Waals surface area contributed by atoms with E-state index >= 15 is 0 Å². The Kier molecular flexibility index (Phi) is 6.31. The van der Waals surface area contributed by atoms with Gasteiger partial charge < -0.3 is 10.2 Å². The number of allylic oxidation sites excluding steroid dienone is 2. The maximum Gasteiger partial charge on any atom is 0.261 e. The molecule has 6 heteroatoms. The van der Waals surface area contributed by atoms with Gasteiger partial charge in [0.1, 0.15) is 0 Å². The van der Waals surface area contributed by atoms with Crippen molar-refractivity contribution in [2.75, 3.05) is 7.05 Å². The average Bonchev–Trinajstić information content (AvgIpc) is 3.52. The van der Waals surface area contributed by atoms with Crippen molar-refractivity contribution in [3.8, 4) is 5.69 Å². The van der Waals surface area contributed by atoms with Crippen LogP contribution in [-0.2, 0) is 11.2 Å². The Morgan fingerprint density at radius 3 is 2.59 bits per heavy atom. The molecule has 6 nitrogen and oxygen atoms in total. The number of likely N-dealkylation sites (N-methyl/N-ethyl adjacent to an activating group) is 1. The van der Waals surface area contributed by atoms with E-state index in [1.807, 2.05) is 41.1 Å². The molecule has 1 unspecified atom stereocenters. The molecule has 0 aliphatic heterocycles. The molecule has 0 bridgehead atoms. The second-order valence-electron chi connectivity index (χ2n) is 8.96. The number of aromatic nitrogens is 2. The summed E-state index contributed by atoms with van der Waals surface area (Å²) < 4.78 is 1.86. The summed E-state index contributed by atoms with van der Waals surface area (Å²) >= 11 is 0. The number of carbonyl (C=O) groups excluding carboxylic acids is 2. The summed E-state index contributed by atoms with van der Waals surface area (Å²) in [6, 6.07) is 10.2. The number of hydrogen-bond donors (Lipinski definition) is 1. The molecule has 0 spiro atoms. The fraction of sp³-hybridized carbons (Fsp3) is 0.423. The van der Waals surface area contributed by atoms with Crippen LogP contribution in [-0.4, -0.2) is 39.6 Å². The van der Waals surface area contributed by atoms with Gasteiger partial charge in [-0.15, -0.1) is 0 Å². The smallest absolute Gasteiger partial charge is 0.261 e. The minimum absolute atomic E-state index is 0.00577. The van der Waals surface area contributed by atoms with Gasteiger partial charge in [0.15, 0.2) is 0 Å². The SMILES string of the molecule is CCCc1c(C(=O)N(C)C2=C(C)C(C)CC(C(=O)NC3CC3)=C2)cnn1-c1ccccc1. The van der Waals surface area contributed by atoms with Gasteiger partial charge in [0, 0.05) is 24.4 Å². The summed E-state index contributed by atoms with van der Waals surface area (Å²) in [5.41, 5.74) is 5.14. The van der Waals surface area contributed by atoms with Crippen LogP contribution in [0.4, 0.5) is 0 Å². The molecule has 1 heterocycles. The van der Waals surface area contributed by atoms with Gasteiger partial charge in [-0.3, -0.25) is 9.59 Å². The Balaban J connectivity index is 1.65. The molecular formula is C26H32N4O2. The minimum atomic E-state index is -0.0997. The second kappa shape index (κ2) is 9.15. The molecule has 1 aromatic carbocycles. The van der Waals surface area contributed by atoms with Gasteiger partial charge >= 0.3 is 0 Å². The fourth-order valence-electron chi connectivity index (χ4n) is 4.21. The van der Waals surface area contributed by atoms with Crippen LogP contribution in [0.3, 0.4) is 0 Å². The van der Waals surface area contributed by atoms with Crippen LogP contribution >= 0.6 is 0 Å². The number of carbonyl (C=O) groups is 2. The number of nitrogens with one attached hydrogen (secondary N) is 1. The predicted octanol–water partition coefficient (Wildman–Crippen LogP) is 4.42. The van der Waals surface area contributed by atoms with E-state index in [-0.39, 0.29) is 17.7 Å². The quantitative estimate of drug-likeness (QED) is 0.704. The topological polar surface area (TPSA) is 67.2 Å². The lowest BCUT2D eigenvalue weighted by Crippen LogP contribution is -2.33. The van der Waals surface area contributed by atoms with Crippen molar-refractivity contribution in [3.63, 3.8) is 0 Å². The standard InChI is InChI=1S/C26H32N4O2/c1-5-9-23-22(16-27-30(23)21-10-7-6-8-11-21)26(32)29(4)24-15-19(14-17(2)18(24)3)25(31)28-20-12-13-20/h6-8,10-11,15-17,20H,5,9,12-14H2,1-4H3,(H,28,31). The van der Waals surface area contributed by atoms with Crippen molar-refractivity contribution < 1.29 is 9.59 Å². The Morgan fingerprint density at radius 2 is 1.94 bits per heavy atom. The largest absolute Gasteiger partial charge is 0.350 e. The van der Waals surface area contributed by atoms with Crippen molar-refractivity contribution in [2.24, 2.45) is 5.92 Å². The molecule has 2 amide bonds. The molecule has 32 heavy (non-hydrogen) atoms. The van der Waals surface area contributed by atoms with Gasteiger partial charge in [-0.2, -0.15) is 5.10 Å². The van der Waals surface area contributed by atoms with Gasteiger partial charge in [0.05, 0.1) is 23.1 Å². The number of rotatable bonds is 7. The number of para-hydroxylation sites is 1. The summed E-state index contributed by atoms with van der Waals surface area (Å²) in [7, 11) is 1.79. The van der Waals surface area contributed by atoms with E-state index in [4.69, 9.17) is 0 Å². The van der Waals surface area contributed by atoms with E-state index in [2.05, 4.69) is 31.2 Å².